The molecule has 3 aromatic rings. The zero-order valence-electron chi connectivity index (χ0n) is 19.4. The predicted octanol–water partition coefficient (Wildman–Crippen LogP) is 3.91. The molecule has 0 amide bonds. The number of esters is 1. The van der Waals surface area contributed by atoms with Crippen LogP contribution in [0, 0.1) is 6.92 Å². The summed E-state index contributed by atoms with van der Waals surface area (Å²) in [5.74, 6) is -1.12. The van der Waals surface area contributed by atoms with Gasteiger partial charge in [-0.25, -0.2) is 9.59 Å². The Hall–Kier alpha value is -3.65. The Kier molecular flexibility index (Phi) is 8.53. The maximum atomic E-state index is 13.3. The van der Waals surface area contributed by atoms with Crippen molar-refractivity contribution in [1.29, 1.82) is 0 Å². The van der Waals surface area contributed by atoms with E-state index < -0.39 is 36.0 Å². The van der Waals surface area contributed by atoms with E-state index in [-0.39, 0.29) is 45.8 Å². The number of hydrogen-bond donors (Lipinski definition) is 0. The molecule has 0 saturated carbocycles. The summed E-state index contributed by atoms with van der Waals surface area (Å²) in [5.41, 5.74) is 0.830. The number of para-hydroxylation sites is 2. The van der Waals surface area contributed by atoms with Crippen molar-refractivity contribution in [2.24, 2.45) is 5.16 Å². The minimum absolute atomic E-state index is 0.0639. The van der Waals surface area contributed by atoms with Crippen LogP contribution in [0.25, 0.3) is 11.0 Å². The van der Waals surface area contributed by atoms with E-state index in [0.29, 0.717) is 5.52 Å². The molecule has 0 N–H and O–H groups in total. The molecule has 0 radical (unpaired) electrons. The number of rotatable bonds is 8. The summed E-state index contributed by atoms with van der Waals surface area (Å²) in [5, 5.41) is 3.28. The highest BCUT2D eigenvalue weighted by molar-refractivity contribution is 7.90. The molecule has 0 spiro atoms. The van der Waals surface area contributed by atoms with Crippen LogP contribution in [-0.4, -0.2) is 56.3 Å². The Morgan fingerprint density at radius 1 is 1.22 bits per heavy atom. The van der Waals surface area contributed by atoms with Crippen LogP contribution in [0.3, 0.4) is 0 Å². The standard InChI is InChI=1S/C22H21F3N4O6S/c1-4-33-19(30)14(3)28-35-21(31)29-17-8-6-5-7-15(17)27-20(29)36(32)11-16-13(2)18(9-10-26-16)34-12-22(23,24)25/h5-10H,4,11-12H2,1-3H3/b28-14+. The van der Waals surface area contributed by atoms with Crippen LogP contribution in [0.4, 0.5) is 18.0 Å². The number of halogens is 3. The summed E-state index contributed by atoms with van der Waals surface area (Å²) < 4.78 is 61.4. The normalized spacial score (nSPS) is 12.9. The van der Waals surface area contributed by atoms with Gasteiger partial charge in [-0.05, 0) is 39.0 Å². The molecule has 1 unspecified atom stereocenters. The lowest BCUT2D eigenvalue weighted by Gasteiger charge is -2.14. The second kappa shape index (κ2) is 11.4. The minimum Gasteiger partial charge on any atom is -0.609 e. The molecular weight excluding hydrogens is 505 g/mol. The van der Waals surface area contributed by atoms with Gasteiger partial charge in [-0.15, -0.1) is 0 Å². The lowest BCUT2D eigenvalue weighted by Crippen LogP contribution is -2.22. The molecule has 2 aromatic heterocycles. The van der Waals surface area contributed by atoms with E-state index in [4.69, 9.17) is 14.3 Å². The third-order valence-corrected chi connectivity index (χ3v) is 5.88. The van der Waals surface area contributed by atoms with E-state index in [0.717, 1.165) is 4.57 Å². The number of nitrogens with zero attached hydrogens (tertiary/aromatic N) is 4. The molecule has 0 aliphatic rings. The smallest absolute Gasteiger partial charge is 0.449 e. The number of aromatic nitrogens is 3. The van der Waals surface area contributed by atoms with Gasteiger partial charge in [-0.2, -0.15) is 22.7 Å². The molecule has 0 bridgehead atoms. The Bertz CT molecular complexity index is 1290. The first kappa shape index (κ1) is 26.9. The van der Waals surface area contributed by atoms with Crippen molar-refractivity contribution >= 4 is 40.0 Å². The fraction of sp³-hybridized carbons (Fsp3) is 0.318. The van der Waals surface area contributed by atoms with Crippen LogP contribution in [-0.2, 0) is 31.3 Å². The van der Waals surface area contributed by atoms with Gasteiger partial charge in [0.1, 0.15) is 5.75 Å². The zero-order chi connectivity index (χ0) is 26.5. The van der Waals surface area contributed by atoms with Gasteiger partial charge in [0.25, 0.3) is 0 Å². The summed E-state index contributed by atoms with van der Waals surface area (Å²) >= 11 is -1.99. The number of ether oxygens (including phenoxy) is 2. The Labute approximate surface area is 206 Å². The fourth-order valence-corrected chi connectivity index (χ4v) is 4.21. The first-order valence-corrected chi connectivity index (χ1v) is 11.8. The van der Waals surface area contributed by atoms with Gasteiger partial charge in [0.15, 0.2) is 18.1 Å². The largest absolute Gasteiger partial charge is 0.609 e. The molecule has 3 rings (SSSR count). The van der Waals surface area contributed by atoms with Crippen molar-refractivity contribution in [3.05, 3.63) is 47.8 Å². The van der Waals surface area contributed by atoms with Gasteiger partial charge in [-0.3, -0.25) is 9.82 Å². The van der Waals surface area contributed by atoms with Gasteiger partial charge in [0.05, 0.1) is 23.3 Å². The number of benzene rings is 1. The topological polar surface area (TPSA) is 128 Å². The third kappa shape index (κ3) is 6.51. The molecule has 192 valence electrons. The summed E-state index contributed by atoms with van der Waals surface area (Å²) in [6, 6.07) is 7.68. The molecule has 10 nitrogen and oxygen atoms in total. The van der Waals surface area contributed by atoms with E-state index in [2.05, 4.69) is 15.1 Å². The SMILES string of the molecule is CCOC(=O)/C(C)=N/OC(=O)n1c([S+]([O-])Cc2nccc(OCC(F)(F)F)c2C)nc2ccccc21. The number of pyridine rings is 1. The summed E-state index contributed by atoms with van der Waals surface area (Å²) in [4.78, 5) is 37.8. The van der Waals surface area contributed by atoms with Crippen LogP contribution in [0.1, 0.15) is 25.1 Å². The number of oxime groups is 1. The van der Waals surface area contributed by atoms with E-state index in [1.165, 1.54) is 26.1 Å². The number of carbonyl (C=O) groups is 2. The molecule has 0 saturated heterocycles. The molecule has 1 atom stereocenters. The number of alkyl halides is 3. The second-order valence-electron chi connectivity index (χ2n) is 7.25. The molecule has 0 aliphatic carbocycles. The third-order valence-electron chi connectivity index (χ3n) is 4.67. The predicted molar refractivity (Wildman–Crippen MR) is 122 cm³/mol. The van der Waals surface area contributed by atoms with E-state index in [1.807, 2.05) is 0 Å². The zero-order valence-corrected chi connectivity index (χ0v) is 20.2. The van der Waals surface area contributed by atoms with E-state index >= 15 is 0 Å². The van der Waals surface area contributed by atoms with Gasteiger partial charge in [0, 0.05) is 22.9 Å². The molecule has 14 heteroatoms. The highest BCUT2D eigenvalue weighted by Crippen LogP contribution is 2.27. The van der Waals surface area contributed by atoms with Crippen LogP contribution in [0.15, 0.2) is 46.8 Å². The lowest BCUT2D eigenvalue weighted by atomic mass is 10.2. The molecule has 36 heavy (non-hydrogen) atoms. The Morgan fingerprint density at radius 3 is 2.64 bits per heavy atom. The first-order valence-electron chi connectivity index (χ1n) is 10.4. The number of imidazole rings is 1. The van der Waals surface area contributed by atoms with Crippen LogP contribution >= 0.6 is 0 Å². The van der Waals surface area contributed by atoms with Gasteiger partial charge >= 0.3 is 23.4 Å². The average molecular weight is 526 g/mol. The average Bonchev–Trinajstić information content (AvgIpc) is 3.22. The van der Waals surface area contributed by atoms with Crippen molar-refractivity contribution in [2.45, 2.75) is 37.9 Å². The highest BCUT2D eigenvalue weighted by Gasteiger charge is 2.31. The maximum absolute atomic E-state index is 13.3. The van der Waals surface area contributed by atoms with E-state index in [9.17, 15) is 27.3 Å². The highest BCUT2D eigenvalue weighted by atomic mass is 32.2. The molecular formula is C22H21F3N4O6S. The second-order valence-corrected chi connectivity index (χ2v) is 8.59. The molecule has 1 aromatic carbocycles. The fourth-order valence-electron chi connectivity index (χ4n) is 2.96. The number of carbonyl (C=O) groups excluding carboxylic acids is 2. The molecule has 0 aliphatic heterocycles. The maximum Gasteiger partial charge on any atom is 0.449 e. The van der Waals surface area contributed by atoms with Crippen molar-refractivity contribution in [1.82, 2.24) is 14.5 Å². The summed E-state index contributed by atoms with van der Waals surface area (Å²) in [7, 11) is 0. The van der Waals surface area contributed by atoms with Crippen LogP contribution in [0.5, 0.6) is 5.75 Å². The summed E-state index contributed by atoms with van der Waals surface area (Å²) in [6.07, 6.45) is -4.38. The monoisotopic (exact) mass is 526 g/mol. The van der Waals surface area contributed by atoms with Crippen molar-refractivity contribution in [3.8, 4) is 5.75 Å². The minimum atomic E-state index is -4.53. The summed E-state index contributed by atoms with van der Waals surface area (Å²) in [6.45, 7) is 2.98. The van der Waals surface area contributed by atoms with Crippen LogP contribution < -0.4 is 4.74 Å². The van der Waals surface area contributed by atoms with Gasteiger partial charge in [-0.1, -0.05) is 17.3 Å². The van der Waals surface area contributed by atoms with Crippen molar-refractivity contribution in [3.63, 3.8) is 0 Å². The van der Waals surface area contributed by atoms with Crippen molar-refractivity contribution < 1.29 is 41.6 Å². The Balaban J connectivity index is 1.90. The quantitative estimate of drug-likeness (QED) is 0.142. The Morgan fingerprint density at radius 2 is 1.94 bits per heavy atom. The van der Waals surface area contributed by atoms with Crippen LogP contribution in [0.2, 0.25) is 0 Å². The van der Waals surface area contributed by atoms with Crippen molar-refractivity contribution in [2.75, 3.05) is 13.2 Å². The van der Waals surface area contributed by atoms with Gasteiger partial charge in [0.2, 0.25) is 0 Å². The number of fused-ring (bicyclic) bond motifs is 1. The lowest BCUT2D eigenvalue weighted by molar-refractivity contribution is -0.153. The molecule has 0 fully saturated rings. The molecule has 2 heterocycles. The first-order chi connectivity index (χ1) is 17.0. The van der Waals surface area contributed by atoms with E-state index in [1.54, 1.807) is 31.2 Å². The number of hydrogen-bond acceptors (Lipinski definition) is 9. The van der Waals surface area contributed by atoms with Gasteiger partial charge < -0.3 is 14.0 Å².